The molecule has 35 heavy (non-hydrogen) atoms. The SMILES string of the molecule is N#Cc1cc(C2=CC(c3cc(Cl)c(F)c(Cl)c3)(C(F)(F)F)ON2)ccc1C1(F)CN(C(=O)CO)C1. The van der Waals surface area contributed by atoms with E-state index in [-0.39, 0.29) is 35.5 Å². The Morgan fingerprint density at radius 3 is 2.40 bits per heavy atom. The summed E-state index contributed by atoms with van der Waals surface area (Å²) in [6, 6.07) is 6.98. The van der Waals surface area contributed by atoms with E-state index >= 15 is 4.39 Å². The molecule has 0 aromatic heterocycles. The number of aliphatic hydroxyl groups excluding tert-OH is 1. The molecule has 4 rings (SSSR count). The van der Waals surface area contributed by atoms with Crippen LogP contribution in [0.3, 0.4) is 0 Å². The van der Waals surface area contributed by atoms with Crippen LogP contribution in [0.2, 0.25) is 10.0 Å². The molecule has 2 aromatic carbocycles. The van der Waals surface area contributed by atoms with Crippen molar-refractivity contribution < 1.29 is 36.7 Å². The summed E-state index contributed by atoms with van der Waals surface area (Å²) in [6.07, 6.45) is -4.36. The van der Waals surface area contributed by atoms with Crippen molar-refractivity contribution in [3.05, 3.63) is 74.5 Å². The summed E-state index contributed by atoms with van der Waals surface area (Å²) < 4.78 is 71.5. The topological polar surface area (TPSA) is 85.6 Å². The summed E-state index contributed by atoms with van der Waals surface area (Å²) in [5.74, 6) is -1.76. The van der Waals surface area contributed by atoms with Gasteiger partial charge in [-0.3, -0.25) is 15.1 Å². The molecule has 2 N–H and O–H groups in total. The molecule has 6 nitrogen and oxygen atoms in total. The van der Waals surface area contributed by atoms with E-state index in [1.165, 1.54) is 18.2 Å². The standard InChI is InChI=1S/C22H14Cl2F5N3O3/c23-15-4-13(5-16(24)19(15)25)21(22(27,28)29)6-17(31-35-21)11-1-2-14(12(3-11)7-30)20(26)9-32(10-20)18(34)8-33/h1-6,31,33H,8-10H2. The maximum absolute atomic E-state index is 15.3. The van der Waals surface area contributed by atoms with Gasteiger partial charge in [-0.05, 0) is 24.3 Å². The fourth-order valence-electron chi connectivity index (χ4n) is 3.96. The van der Waals surface area contributed by atoms with Crippen LogP contribution in [0.15, 0.2) is 36.4 Å². The Labute approximate surface area is 205 Å². The molecule has 2 aliphatic rings. The normalized spacial score (nSPS) is 21.1. The molecular formula is C22H14Cl2F5N3O3. The molecule has 184 valence electrons. The average Bonchev–Trinajstić information content (AvgIpc) is 3.26. The van der Waals surface area contributed by atoms with E-state index < -0.39 is 51.4 Å². The number of aliphatic hydroxyl groups is 1. The van der Waals surface area contributed by atoms with Gasteiger partial charge >= 0.3 is 6.18 Å². The Kier molecular flexibility index (Phi) is 6.22. The van der Waals surface area contributed by atoms with Gasteiger partial charge in [0.2, 0.25) is 11.5 Å². The number of likely N-dealkylation sites (tertiary alicyclic amines) is 1. The number of carbonyl (C=O) groups excluding carboxylic acids is 1. The number of hydroxylamine groups is 1. The van der Waals surface area contributed by atoms with Gasteiger partial charge in [0.15, 0.2) is 11.5 Å². The zero-order chi connectivity index (χ0) is 25.8. The molecule has 1 saturated heterocycles. The highest BCUT2D eigenvalue weighted by molar-refractivity contribution is 6.35. The molecule has 0 aliphatic carbocycles. The number of rotatable bonds is 4. The minimum absolute atomic E-state index is 0.0514. The summed E-state index contributed by atoms with van der Waals surface area (Å²) in [4.78, 5) is 17.5. The largest absolute Gasteiger partial charge is 0.428 e. The van der Waals surface area contributed by atoms with Gasteiger partial charge in [0.25, 0.3) is 0 Å². The van der Waals surface area contributed by atoms with E-state index in [9.17, 15) is 27.6 Å². The maximum Gasteiger partial charge on any atom is 0.428 e. The van der Waals surface area contributed by atoms with Crippen LogP contribution in [0.1, 0.15) is 22.3 Å². The van der Waals surface area contributed by atoms with Gasteiger partial charge in [-0.15, -0.1) is 0 Å². The van der Waals surface area contributed by atoms with Gasteiger partial charge in [0.05, 0.1) is 40.5 Å². The average molecular weight is 534 g/mol. The van der Waals surface area contributed by atoms with Crippen molar-refractivity contribution in [2.75, 3.05) is 19.7 Å². The zero-order valence-corrected chi connectivity index (χ0v) is 18.9. The van der Waals surface area contributed by atoms with E-state index in [1.54, 1.807) is 0 Å². The summed E-state index contributed by atoms with van der Waals surface area (Å²) in [5, 5.41) is 17.1. The number of hydrogen-bond donors (Lipinski definition) is 2. The molecule has 0 spiro atoms. The van der Waals surface area contributed by atoms with Gasteiger partial charge in [-0.1, -0.05) is 35.3 Å². The summed E-state index contributed by atoms with van der Waals surface area (Å²) >= 11 is 11.4. The minimum Gasteiger partial charge on any atom is -0.387 e. The molecule has 1 unspecified atom stereocenters. The first-order valence-electron chi connectivity index (χ1n) is 9.86. The van der Waals surface area contributed by atoms with Crippen molar-refractivity contribution in [2.45, 2.75) is 17.4 Å². The van der Waals surface area contributed by atoms with Crippen LogP contribution in [0, 0.1) is 17.1 Å². The lowest BCUT2D eigenvalue weighted by Crippen LogP contribution is -2.59. The lowest BCUT2D eigenvalue weighted by Gasteiger charge is -2.44. The van der Waals surface area contributed by atoms with Crippen LogP contribution in [0.4, 0.5) is 22.0 Å². The van der Waals surface area contributed by atoms with E-state index in [0.717, 1.165) is 17.0 Å². The quantitative estimate of drug-likeness (QED) is 0.451. The van der Waals surface area contributed by atoms with Crippen molar-refractivity contribution in [1.29, 1.82) is 5.26 Å². The lowest BCUT2D eigenvalue weighted by molar-refractivity contribution is -0.269. The molecule has 13 heteroatoms. The first-order valence-corrected chi connectivity index (χ1v) is 10.6. The predicted octanol–water partition coefficient (Wildman–Crippen LogP) is 4.34. The van der Waals surface area contributed by atoms with Crippen LogP contribution in [-0.2, 0) is 20.9 Å². The number of nitrogens with zero attached hydrogens (tertiary/aromatic N) is 2. The van der Waals surface area contributed by atoms with Crippen LogP contribution in [0.5, 0.6) is 0 Å². The Bertz CT molecular complexity index is 1270. The molecule has 0 radical (unpaired) electrons. The van der Waals surface area contributed by atoms with E-state index in [0.29, 0.717) is 6.08 Å². The third kappa shape index (κ3) is 4.10. The molecule has 1 atom stereocenters. The first kappa shape index (κ1) is 25.2. The number of carbonyl (C=O) groups is 1. The molecule has 1 fully saturated rings. The second-order valence-electron chi connectivity index (χ2n) is 7.99. The van der Waals surface area contributed by atoms with Crippen molar-refractivity contribution >= 4 is 34.8 Å². The van der Waals surface area contributed by atoms with Crippen LogP contribution in [0.25, 0.3) is 5.70 Å². The molecule has 0 saturated carbocycles. The Morgan fingerprint density at radius 2 is 1.86 bits per heavy atom. The first-order chi connectivity index (χ1) is 16.3. The van der Waals surface area contributed by atoms with Crippen molar-refractivity contribution in [1.82, 2.24) is 10.4 Å². The molecule has 2 aromatic rings. The van der Waals surface area contributed by atoms with Gasteiger partial charge < -0.3 is 10.0 Å². The number of halogens is 7. The summed E-state index contributed by atoms with van der Waals surface area (Å²) in [7, 11) is 0. The maximum atomic E-state index is 15.3. The van der Waals surface area contributed by atoms with Crippen molar-refractivity contribution in [3.63, 3.8) is 0 Å². The fraction of sp³-hybridized carbons (Fsp3) is 0.273. The highest BCUT2D eigenvalue weighted by atomic mass is 35.5. The molecular weight excluding hydrogens is 520 g/mol. The molecule has 2 aliphatic heterocycles. The van der Waals surface area contributed by atoms with Gasteiger partial charge in [-0.2, -0.15) is 18.4 Å². The monoisotopic (exact) mass is 533 g/mol. The van der Waals surface area contributed by atoms with Gasteiger partial charge in [-0.25, -0.2) is 8.78 Å². The number of nitriles is 1. The number of alkyl halides is 4. The number of benzene rings is 2. The van der Waals surface area contributed by atoms with E-state index in [1.807, 2.05) is 6.07 Å². The summed E-state index contributed by atoms with van der Waals surface area (Å²) in [6.45, 7) is -1.55. The van der Waals surface area contributed by atoms with Crippen LogP contribution >= 0.6 is 23.2 Å². The zero-order valence-electron chi connectivity index (χ0n) is 17.4. The third-order valence-corrected chi connectivity index (χ3v) is 6.36. The lowest BCUT2D eigenvalue weighted by atomic mass is 9.84. The molecule has 0 bridgehead atoms. The van der Waals surface area contributed by atoms with Crippen LogP contribution in [-0.4, -0.2) is 41.8 Å². The molecule has 1 amide bonds. The van der Waals surface area contributed by atoms with Gasteiger partial charge in [0.1, 0.15) is 6.61 Å². The van der Waals surface area contributed by atoms with Crippen molar-refractivity contribution in [2.24, 2.45) is 0 Å². The fourth-order valence-corrected chi connectivity index (χ4v) is 4.44. The highest BCUT2D eigenvalue weighted by Gasteiger charge is 2.60. The van der Waals surface area contributed by atoms with Gasteiger partial charge in [0, 0.05) is 16.7 Å². The van der Waals surface area contributed by atoms with E-state index in [4.69, 9.17) is 33.1 Å². The smallest absolute Gasteiger partial charge is 0.387 e. The Hall–Kier alpha value is -2.91. The second-order valence-corrected chi connectivity index (χ2v) is 8.81. The molecule has 2 heterocycles. The number of hydrogen-bond acceptors (Lipinski definition) is 5. The Balaban J connectivity index is 1.72. The highest BCUT2D eigenvalue weighted by Crippen LogP contribution is 2.49. The van der Waals surface area contributed by atoms with Crippen LogP contribution < -0.4 is 5.48 Å². The number of amides is 1. The third-order valence-electron chi connectivity index (χ3n) is 5.81. The second kappa shape index (κ2) is 8.64. The van der Waals surface area contributed by atoms with E-state index in [2.05, 4.69) is 5.48 Å². The Morgan fingerprint density at radius 1 is 1.23 bits per heavy atom. The predicted molar refractivity (Wildman–Crippen MR) is 114 cm³/mol. The minimum atomic E-state index is -5.04. The van der Waals surface area contributed by atoms with Crippen molar-refractivity contribution in [3.8, 4) is 6.07 Å². The number of nitrogens with one attached hydrogen (secondary N) is 1. The summed E-state index contributed by atoms with van der Waals surface area (Å²) in [5.41, 5.74) is -3.91.